The fourth-order valence-corrected chi connectivity index (χ4v) is 8.95. The lowest BCUT2D eigenvalue weighted by molar-refractivity contribution is -0.189. The minimum atomic E-state index is -4.41. The van der Waals surface area contributed by atoms with E-state index >= 15 is 0 Å². The Balaban J connectivity index is 0.964. The highest BCUT2D eigenvalue weighted by molar-refractivity contribution is 5.98. The molecular formula is C49H49F3O3. The molecule has 7 unspecified atom stereocenters. The topological polar surface area (TPSA) is 27.7 Å². The van der Waals surface area contributed by atoms with E-state index in [4.69, 9.17) is 14.2 Å². The molecule has 0 aliphatic heterocycles. The molecule has 0 saturated heterocycles. The number of ether oxygens (including phenoxy) is 3. The summed E-state index contributed by atoms with van der Waals surface area (Å²) in [6.07, 6.45) is 0.992. The van der Waals surface area contributed by atoms with E-state index < -0.39 is 12.3 Å². The van der Waals surface area contributed by atoms with Gasteiger partial charge in [-0.15, -0.1) is 0 Å². The van der Waals surface area contributed by atoms with Crippen LogP contribution in [0.3, 0.4) is 0 Å². The van der Waals surface area contributed by atoms with Crippen LogP contribution in [0.25, 0.3) is 21.5 Å². The lowest BCUT2D eigenvalue weighted by atomic mass is 9.79. The molecule has 0 heterocycles. The van der Waals surface area contributed by atoms with Crippen LogP contribution < -0.4 is 14.2 Å². The largest absolute Gasteiger partial charge is 0.490 e. The molecule has 6 aromatic carbocycles. The van der Waals surface area contributed by atoms with Gasteiger partial charge in [0.25, 0.3) is 0 Å². The standard InChI is InChI=1S/C49H49F3O3/c1-31(35-10-17-44(18-11-35)53-33(3)49(50,51)52)24-42(37-14-21-46(22-15-37)55-48-27-34-8-9-41(48)26-34)25-32(2)36-12-19-45(20-13-36)54-47-23-16-40-28-38-6-4-5-7-39(38)29-43(40)30-47/h4-7,10-23,28-34,41-42,48H,8-9,24-27H2,1-3H3. The maximum Gasteiger partial charge on any atom is 0.425 e. The monoisotopic (exact) mass is 742 g/mol. The molecule has 2 aliphatic rings. The van der Waals surface area contributed by atoms with Gasteiger partial charge < -0.3 is 14.2 Å². The van der Waals surface area contributed by atoms with Crippen molar-refractivity contribution in [3.8, 4) is 23.0 Å². The van der Waals surface area contributed by atoms with E-state index in [1.807, 2.05) is 18.2 Å². The Hall–Kier alpha value is -4.97. The van der Waals surface area contributed by atoms with Gasteiger partial charge in [-0.25, -0.2) is 0 Å². The third-order valence-electron chi connectivity index (χ3n) is 12.2. The average molecular weight is 743 g/mol. The zero-order valence-electron chi connectivity index (χ0n) is 31.8. The SMILES string of the molecule is CC(CC(CC(C)c1ccc(OC(C)C(F)(F)F)cc1)c1ccc(OC2CC3CCC2C3)cc1)c1ccc(Oc2ccc3cc4ccccc4cc3c2)cc1. The van der Waals surface area contributed by atoms with Gasteiger partial charge in [-0.3, -0.25) is 0 Å². The third kappa shape index (κ3) is 8.64. The van der Waals surface area contributed by atoms with Gasteiger partial charge in [0.1, 0.15) is 29.1 Å². The van der Waals surface area contributed by atoms with Crippen molar-refractivity contribution in [2.24, 2.45) is 11.8 Å². The van der Waals surface area contributed by atoms with Gasteiger partial charge in [-0.2, -0.15) is 13.2 Å². The number of alkyl halides is 3. The van der Waals surface area contributed by atoms with Gasteiger partial charge >= 0.3 is 6.18 Å². The van der Waals surface area contributed by atoms with Crippen LogP contribution in [0.4, 0.5) is 13.2 Å². The van der Waals surface area contributed by atoms with Crippen LogP contribution in [0.15, 0.2) is 127 Å². The molecule has 0 N–H and O–H groups in total. The van der Waals surface area contributed by atoms with E-state index in [1.165, 1.54) is 53.0 Å². The van der Waals surface area contributed by atoms with Crippen LogP contribution in [0.1, 0.15) is 93.7 Å². The van der Waals surface area contributed by atoms with E-state index in [2.05, 4.69) is 111 Å². The molecule has 55 heavy (non-hydrogen) atoms. The highest BCUT2D eigenvalue weighted by atomic mass is 19.4. The van der Waals surface area contributed by atoms with E-state index in [0.29, 0.717) is 12.0 Å². The van der Waals surface area contributed by atoms with Crippen LogP contribution in [0.5, 0.6) is 23.0 Å². The third-order valence-corrected chi connectivity index (χ3v) is 12.2. The van der Waals surface area contributed by atoms with E-state index in [1.54, 1.807) is 12.1 Å². The van der Waals surface area contributed by atoms with E-state index in [0.717, 1.165) is 53.9 Å². The van der Waals surface area contributed by atoms with Gasteiger partial charge in [-0.1, -0.05) is 80.6 Å². The Labute approximate surface area is 322 Å². The van der Waals surface area contributed by atoms with Crippen molar-refractivity contribution in [3.05, 3.63) is 144 Å². The Morgan fingerprint density at radius 3 is 1.69 bits per heavy atom. The summed E-state index contributed by atoms with van der Waals surface area (Å²) in [5, 5.41) is 4.76. The second-order valence-corrected chi connectivity index (χ2v) is 16.1. The summed E-state index contributed by atoms with van der Waals surface area (Å²) in [5.74, 6) is 4.97. The van der Waals surface area contributed by atoms with Crippen molar-refractivity contribution in [2.75, 3.05) is 0 Å². The molecule has 3 nitrogen and oxygen atoms in total. The maximum atomic E-state index is 13.1. The van der Waals surface area contributed by atoms with Crippen molar-refractivity contribution < 1.29 is 27.4 Å². The summed E-state index contributed by atoms with van der Waals surface area (Å²) in [6, 6.07) is 43.3. The first-order chi connectivity index (χ1) is 26.5. The summed E-state index contributed by atoms with van der Waals surface area (Å²) < 4.78 is 57.3. The second-order valence-electron chi connectivity index (χ2n) is 16.1. The highest BCUT2D eigenvalue weighted by Crippen LogP contribution is 2.46. The van der Waals surface area contributed by atoms with Gasteiger partial charge in [0.15, 0.2) is 6.10 Å². The van der Waals surface area contributed by atoms with Gasteiger partial charge in [0.05, 0.1) is 0 Å². The van der Waals surface area contributed by atoms with Gasteiger partial charge in [0, 0.05) is 0 Å². The van der Waals surface area contributed by atoms with Crippen molar-refractivity contribution in [3.63, 3.8) is 0 Å². The predicted octanol–water partition coefficient (Wildman–Crippen LogP) is 14.2. The molecule has 0 amide bonds. The smallest absolute Gasteiger partial charge is 0.425 e. The molecule has 2 saturated carbocycles. The fourth-order valence-electron chi connectivity index (χ4n) is 8.95. The number of halogens is 3. The summed E-state index contributed by atoms with van der Waals surface area (Å²) in [4.78, 5) is 0. The molecule has 0 aromatic heterocycles. The zero-order valence-corrected chi connectivity index (χ0v) is 31.8. The van der Waals surface area contributed by atoms with Gasteiger partial charge in [0.2, 0.25) is 0 Å². The van der Waals surface area contributed by atoms with Crippen LogP contribution in [0, 0.1) is 11.8 Å². The molecule has 8 rings (SSSR count). The van der Waals surface area contributed by atoms with Crippen LogP contribution >= 0.6 is 0 Å². The summed E-state index contributed by atoms with van der Waals surface area (Å²) >= 11 is 0. The molecule has 0 radical (unpaired) electrons. The molecule has 0 spiro atoms. The molecule has 2 bridgehead atoms. The number of fused-ring (bicyclic) bond motifs is 4. The Bertz CT molecular complexity index is 2210. The summed E-state index contributed by atoms with van der Waals surface area (Å²) in [5.41, 5.74) is 3.58. The highest BCUT2D eigenvalue weighted by Gasteiger charge is 2.41. The first-order valence-corrected chi connectivity index (χ1v) is 19.8. The first-order valence-electron chi connectivity index (χ1n) is 19.8. The Kier molecular flexibility index (Phi) is 10.5. The normalized spacial score (nSPS) is 20.3. The molecule has 2 aliphatic carbocycles. The summed E-state index contributed by atoms with van der Waals surface area (Å²) in [7, 11) is 0. The van der Waals surface area contributed by atoms with Crippen molar-refractivity contribution in [1.82, 2.24) is 0 Å². The van der Waals surface area contributed by atoms with Crippen molar-refractivity contribution in [1.29, 1.82) is 0 Å². The van der Waals surface area contributed by atoms with Crippen LogP contribution in [-0.4, -0.2) is 18.4 Å². The molecule has 7 atom stereocenters. The van der Waals surface area contributed by atoms with E-state index in [9.17, 15) is 13.2 Å². The molecule has 6 heteroatoms. The van der Waals surface area contributed by atoms with Crippen molar-refractivity contribution >= 4 is 21.5 Å². The van der Waals surface area contributed by atoms with Crippen LogP contribution in [0.2, 0.25) is 0 Å². The first kappa shape index (κ1) is 37.0. The predicted molar refractivity (Wildman–Crippen MR) is 216 cm³/mol. The minimum Gasteiger partial charge on any atom is -0.490 e. The fraction of sp³-hybridized carbons (Fsp3) is 0.347. The average Bonchev–Trinajstić information content (AvgIpc) is 3.81. The second kappa shape index (κ2) is 15.6. The van der Waals surface area contributed by atoms with Gasteiger partial charge in [-0.05, 0) is 174 Å². The zero-order chi connectivity index (χ0) is 38.1. The van der Waals surface area contributed by atoms with Crippen molar-refractivity contribution in [2.45, 2.75) is 95.4 Å². The van der Waals surface area contributed by atoms with E-state index in [-0.39, 0.29) is 23.5 Å². The molecule has 284 valence electrons. The molecular weight excluding hydrogens is 694 g/mol. The lowest BCUT2D eigenvalue weighted by Crippen LogP contribution is -2.31. The molecule has 6 aromatic rings. The Morgan fingerprint density at radius 2 is 1.11 bits per heavy atom. The maximum absolute atomic E-state index is 13.1. The van der Waals surface area contributed by atoms with Crippen LogP contribution in [-0.2, 0) is 0 Å². The minimum absolute atomic E-state index is 0.173. The molecule has 2 fully saturated rings. The number of hydrogen-bond acceptors (Lipinski definition) is 3. The quantitative estimate of drug-likeness (QED) is 0.110. The Morgan fingerprint density at radius 1 is 0.564 bits per heavy atom. The number of benzene rings is 6. The summed E-state index contributed by atoms with van der Waals surface area (Å²) in [6.45, 7) is 5.50. The lowest BCUT2D eigenvalue weighted by Gasteiger charge is -2.26. The number of hydrogen-bond donors (Lipinski definition) is 0. The number of rotatable bonds is 13.